The van der Waals surface area contributed by atoms with Gasteiger partial charge in [0.15, 0.2) is 0 Å². The largest absolute Gasteiger partial charge is 0.501 e. The molecule has 120 valence electrons. The maximum absolute atomic E-state index is 5.51. The molecule has 0 aromatic rings. The highest BCUT2D eigenvalue weighted by Gasteiger charge is 2.49. The Kier molecular flexibility index (Phi) is 5.94. The third-order valence-electron chi connectivity index (χ3n) is 4.21. The molecule has 3 nitrogen and oxygen atoms in total. The number of hydrogen-bond donors (Lipinski definition) is 0. The Labute approximate surface area is 129 Å². The summed E-state index contributed by atoms with van der Waals surface area (Å²) in [5.41, 5.74) is 0.223. The predicted molar refractivity (Wildman–Crippen MR) is 86.6 cm³/mol. The fourth-order valence-corrected chi connectivity index (χ4v) is 4.37. The summed E-state index contributed by atoms with van der Waals surface area (Å²) in [6.07, 6.45) is 7.71. The smallest absolute Gasteiger partial charge is 0.0926 e. The van der Waals surface area contributed by atoms with Gasteiger partial charge in [-0.05, 0) is 19.3 Å². The zero-order chi connectivity index (χ0) is 16.0. The number of hydrogen-bond acceptors (Lipinski definition) is 3. The van der Waals surface area contributed by atoms with E-state index in [0.29, 0.717) is 19.8 Å². The van der Waals surface area contributed by atoms with E-state index in [4.69, 9.17) is 14.2 Å². The molecule has 0 atom stereocenters. The molecule has 0 bridgehead atoms. The van der Waals surface area contributed by atoms with Crippen molar-refractivity contribution in [2.45, 2.75) is 40.0 Å². The number of ether oxygens (including phenoxy) is 3. The summed E-state index contributed by atoms with van der Waals surface area (Å²) in [6.45, 7) is 19.8. The Morgan fingerprint density at radius 2 is 0.905 bits per heavy atom. The molecule has 0 aliphatic heterocycles. The topological polar surface area (TPSA) is 27.7 Å². The summed E-state index contributed by atoms with van der Waals surface area (Å²) in [5.74, 6) is 0. The molecule has 0 spiro atoms. The molecule has 21 heavy (non-hydrogen) atoms. The van der Waals surface area contributed by atoms with Crippen molar-refractivity contribution in [1.29, 1.82) is 0 Å². The lowest BCUT2D eigenvalue weighted by atomic mass is 9.55. The van der Waals surface area contributed by atoms with Crippen molar-refractivity contribution in [3.63, 3.8) is 0 Å². The third-order valence-corrected chi connectivity index (χ3v) is 4.21. The molecule has 0 aromatic carbocycles. The summed E-state index contributed by atoms with van der Waals surface area (Å²) in [6, 6.07) is 0. The Morgan fingerprint density at radius 1 is 0.667 bits per heavy atom. The van der Waals surface area contributed by atoms with Crippen LogP contribution in [0.3, 0.4) is 0 Å². The van der Waals surface area contributed by atoms with Crippen LogP contribution in [0.4, 0.5) is 0 Å². The summed E-state index contributed by atoms with van der Waals surface area (Å²) in [7, 11) is 0. The van der Waals surface area contributed by atoms with Crippen molar-refractivity contribution < 1.29 is 14.2 Å². The lowest BCUT2D eigenvalue weighted by Gasteiger charge is -2.52. The Hall–Kier alpha value is -1.38. The van der Waals surface area contributed by atoms with Crippen LogP contribution in [-0.2, 0) is 14.2 Å². The second-order valence-electron chi connectivity index (χ2n) is 7.40. The molecule has 1 aliphatic rings. The highest BCUT2D eigenvalue weighted by atomic mass is 16.5. The van der Waals surface area contributed by atoms with Crippen molar-refractivity contribution in [3.8, 4) is 0 Å². The quantitative estimate of drug-likeness (QED) is 0.578. The van der Waals surface area contributed by atoms with Gasteiger partial charge >= 0.3 is 0 Å². The zero-order valence-corrected chi connectivity index (χ0v) is 13.8. The normalized spacial score (nSPS) is 35.6. The van der Waals surface area contributed by atoms with Crippen LogP contribution in [0.25, 0.3) is 0 Å². The van der Waals surface area contributed by atoms with Crippen LogP contribution in [0.5, 0.6) is 0 Å². The molecular weight excluding hydrogens is 264 g/mol. The fourth-order valence-electron chi connectivity index (χ4n) is 4.37. The van der Waals surface area contributed by atoms with Crippen LogP contribution >= 0.6 is 0 Å². The lowest BCUT2D eigenvalue weighted by molar-refractivity contribution is -0.0841. The maximum Gasteiger partial charge on any atom is 0.0926 e. The van der Waals surface area contributed by atoms with E-state index >= 15 is 0 Å². The lowest BCUT2D eigenvalue weighted by Crippen LogP contribution is -2.47. The first-order valence-electron chi connectivity index (χ1n) is 7.48. The standard InChI is InChI=1S/C18H30O3/c1-7-19-13-16(4)10-17(5,14-20-8-2)12-18(6,11-16)15-21-9-3/h7-9H,1-3,10-15H2,4-6H3. The molecule has 0 aromatic heterocycles. The van der Waals surface area contributed by atoms with E-state index < -0.39 is 0 Å². The Bertz CT molecular complexity index is 310. The second kappa shape index (κ2) is 7.06. The van der Waals surface area contributed by atoms with Crippen molar-refractivity contribution in [1.82, 2.24) is 0 Å². The highest BCUT2D eigenvalue weighted by molar-refractivity contribution is 4.99. The molecule has 0 heterocycles. The van der Waals surface area contributed by atoms with E-state index in [-0.39, 0.29) is 16.2 Å². The molecule has 0 radical (unpaired) electrons. The van der Waals surface area contributed by atoms with Gasteiger partial charge in [-0.25, -0.2) is 0 Å². The first-order chi connectivity index (χ1) is 9.80. The van der Waals surface area contributed by atoms with E-state index in [9.17, 15) is 0 Å². The van der Waals surface area contributed by atoms with Gasteiger partial charge in [0.05, 0.1) is 38.6 Å². The minimum Gasteiger partial charge on any atom is -0.501 e. The van der Waals surface area contributed by atoms with Crippen molar-refractivity contribution in [2.75, 3.05) is 19.8 Å². The van der Waals surface area contributed by atoms with E-state index in [1.165, 1.54) is 18.8 Å². The average molecular weight is 294 g/mol. The van der Waals surface area contributed by atoms with E-state index in [1.54, 1.807) is 0 Å². The minimum absolute atomic E-state index is 0.0744. The molecule has 0 unspecified atom stereocenters. The summed E-state index contributed by atoms with van der Waals surface area (Å²) in [4.78, 5) is 0. The van der Waals surface area contributed by atoms with Crippen LogP contribution in [0.15, 0.2) is 38.5 Å². The van der Waals surface area contributed by atoms with Crippen LogP contribution in [0.2, 0.25) is 0 Å². The highest BCUT2D eigenvalue weighted by Crippen LogP contribution is 2.54. The third kappa shape index (κ3) is 5.14. The predicted octanol–water partition coefficient (Wildman–Crippen LogP) is 4.67. The van der Waals surface area contributed by atoms with Crippen molar-refractivity contribution >= 4 is 0 Å². The molecule has 1 aliphatic carbocycles. The minimum atomic E-state index is 0.0744. The molecule has 0 saturated heterocycles. The van der Waals surface area contributed by atoms with Gasteiger partial charge in [0.25, 0.3) is 0 Å². The molecule has 1 fully saturated rings. The molecule has 1 saturated carbocycles. The van der Waals surface area contributed by atoms with E-state index in [2.05, 4.69) is 40.5 Å². The molecular formula is C18H30O3. The molecule has 1 rings (SSSR count). The van der Waals surface area contributed by atoms with Crippen LogP contribution in [0.1, 0.15) is 40.0 Å². The van der Waals surface area contributed by atoms with Crippen LogP contribution in [0, 0.1) is 16.2 Å². The van der Waals surface area contributed by atoms with Gasteiger partial charge in [0.1, 0.15) is 0 Å². The second-order valence-corrected chi connectivity index (χ2v) is 7.40. The summed E-state index contributed by atoms with van der Waals surface area (Å²) in [5, 5.41) is 0. The first-order valence-corrected chi connectivity index (χ1v) is 7.48. The Morgan fingerprint density at radius 3 is 1.10 bits per heavy atom. The Balaban J connectivity index is 2.93. The van der Waals surface area contributed by atoms with Crippen LogP contribution < -0.4 is 0 Å². The fraction of sp³-hybridized carbons (Fsp3) is 0.667. The average Bonchev–Trinajstić information content (AvgIpc) is 2.39. The molecule has 0 amide bonds. The van der Waals surface area contributed by atoms with E-state index in [1.807, 2.05) is 0 Å². The maximum atomic E-state index is 5.51. The van der Waals surface area contributed by atoms with Gasteiger partial charge < -0.3 is 14.2 Å². The zero-order valence-electron chi connectivity index (χ0n) is 13.8. The van der Waals surface area contributed by atoms with Crippen LogP contribution in [-0.4, -0.2) is 19.8 Å². The van der Waals surface area contributed by atoms with E-state index in [0.717, 1.165) is 19.3 Å². The van der Waals surface area contributed by atoms with Crippen molar-refractivity contribution in [3.05, 3.63) is 38.5 Å². The van der Waals surface area contributed by atoms with Gasteiger partial charge in [-0.15, -0.1) is 0 Å². The van der Waals surface area contributed by atoms with Gasteiger partial charge in [0.2, 0.25) is 0 Å². The van der Waals surface area contributed by atoms with Crippen molar-refractivity contribution in [2.24, 2.45) is 16.2 Å². The SMILES string of the molecule is C=COCC1(C)CC(C)(COC=C)CC(C)(COC=C)C1. The van der Waals surface area contributed by atoms with Gasteiger partial charge in [0, 0.05) is 16.2 Å². The summed E-state index contributed by atoms with van der Waals surface area (Å²) >= 11 is 0. The van der Waals surface area contributed by atoms with Gasteiger partial charge in [-0.2, -0.15) is 0 Å². The first kappa shape index (κ1) is 17.7. The molecule has 0 N–H and O–H groups in total. The molecule has 3 heteroatoms. The van der Waals surface area contributed by atoms with Gasteiger partial charge in [-0.3, -0.25) is 0 Å². The monoisotopic (exact) mass is 294 g/mol. The number of rotatable bonds is 9. The van der Waals surface area contributed by atoms with Gasteiger partial charge in [-0.1, -0.05) is 40.5 Å². The summed E-state index contributed by atoms with van der Waals surface area (Å²) < 4.78 is 16.5.